The summed E-state index contributed by atoms with van der Waals surface area (Å²) in [5.41, 5.74) is 1.76. The van der Waals surface area contributed by atoms with Crippen LogP contribution in [0.3, 0.4) is 0 Å². The maximum absolute atomic E-state index is 14.0. The smallest absolute Gasteiger partial charge is 0.127 e. The van der Waals surface area contributed by atoms with E-state index in [2.05, 4.69) is 19.2 Å². The molecule has 2 rings (SSSR count). The average Bonchev–Trinajstić information content (AvgIpc) is 2.52. The van der Waals surface area contributed by atoms with Crippen LogP contribution in [0.2, 0.25) is 5.02 Å². The first-order valence-electron chi connectivity index (χ1n) is 6.43. The van der Waals surface area contributed by atoms with Crippen molar-refractivity contribution in [2.75, 3.05) is 12.3 Å². The van der Waals surface area contributed by atoms with E-state index in [-0.39, 0.29) is 11.9 Å². The van der Waals surface area contributed by atoms with Gasteiger partial charge in [-0.1, -0.05) is 25.4 Å². The van der Waals surface area contributed by atoms with Crippen LogP contribution in [0.15, 0.2) is 12.1 Å². The molecule has 0 saturated carbocycles. The van der Waals surface area contributed by atoms with Crippen LogP contribution >= 0.6 is 23.4 Å². The van der Waals surface area contributed by atoms with Crippen LogP contribution in [0.5, 0.6) is 0 Å². The number of fused-ring (bicyclic) bond motifs is 1. The molecule has 0 aromatic heterocycles. The number of rotatable bonds is 3. The van der Waals surface area contributed by atoms with Gasteiger partial charge in [0.1, 0.15) is 5.82 Å². The van der Waals surface area contributed by atoms with E-state index in [1.165, 1.54) is 6.07 Å². The summed E-state index contributed by atoms with van der Waals surface area (Å²) in [6.07, 6.45) is 1.07. The lowest BCUT2D eigenvalue weighted by molar-refractivity contribution is 0.417. The lowest BCUT2D eigenvalue weighted by atomic mass is 9.92. The Morgan fingerprint density at radius 2 is 2.28 bits per heavy atom. The van der Waals surface area contributed by atoms with Gasteiger partial charge in [-0.05, 0) is 42.3 Å². The fourth-order valence-corrected chi connectivity index (χ4v) is 3.90. The molecule has 0 bridgehead atoms. The van der Waals surface area contributed by atoms with Crippen molar-refractivity contribution in [3.05, 3.63) is 34.1 Å². The van der Waals surface area contributed by atoms with Crippen molar-refractivity contribution in [3.8, 4) is 0 Å². The molecule has 1 aromatic rings. The van der Waals surface area contributed by atoms with Gasteiger partial charge in [-0.15, -0.1) is 0 Å². The van der Waals surface area contributed by atoms with Crippen LogP contribution in [0.4, 0.5) is 4.39 Å². The number of hydrogen-bond acceptors (Lipinski definition) is 2. The van der Waals surface area contributed by atoms with Crippen LogP contribution in [0.25, 0.3) is 0 Å². The van der Waals surface area contributed by atoms with Crippen LogP contribution in [0, 0.1) is 11.7 Å². The molecule has 1 N–H and O–H groups in total. The van der Waals surface area contributed by atoms with Gasteiger partial charge >= 0.3 is 0 Å². The normalized spacial score (nSPS) is 23.6. The number of hydrogen-bond donors (Lipinski definition) is 1. The Bertz CT molecular complexity index is 425. The highest BCUT2D eigenvalue weighted by atomic mass is 35.5. The van der Waals surface area contributed by atoms with Gasteiger partial charge in [0.2, 0.25) is 0 Å². The third-order valence-electron chi connectivity index (χ3n) is 3.37. The molecule has 1 aliphatic rings. The van der Waals surface area contributed by atoms with Crippen molar-refractivity contribution in [3.63, 3.8) is 0 Å². The highest BCUT2D eigenvalue weighted by molar-refractivity contribution is 7.98. The molecule has 100 valence electrons. The zero-order valence-corrected chi connectivity index (χ0v) is 12.4. The van der Waals surface area contributed by atoms with Gasteiger partial charge in [0.05, 0.1) is 0 Å². The zero-order chi connectivity index (χ0) is 13.1. The summed E-state index contributed by atoms with van der Waals surface area (Å²) in [4.78, 5) is 0. The van der Waals surface area contributed by atoms with E-state index in [0.717, 1.165) is 35.6 Å². The van der Waals surface area contributed by atoms with Crippen LogP contribution in [-0.2, 0) is 5.75 Å². The minimum atomic E-state index is -0.126. The lowest BCUT2D eigenvalue weighted by Crippen LogP contribution is -2.29. The molecule has 2 unspecified atom stereocenters. The van der Waals surface area contributed by atoms with E-state index >= 15 is 0 Å². The van der Waals surface area contributed by atoms with Crippen molar-refractivity contribution in [1.29, 1.82) is 0 Å². The van der Waals surface area contributed by atoms with Crippen molar-refractivity contribution < 1.29 is 4.39 Å². The quantitative estimate of drug-likeness (QED) is 0.884. The fourth-order valence-electron chi connectivity index (χ4n) is 2.42. The highest BCUT2D eigenvalue weighted by Crippen LogP contribution is 2.39. The maximum atomic E-state index is 14.0. The summed E-state index contributed by atoms with van der Waals surface area (Å²) < 4.78 is 14.0. The first kappa shape index (κ1) is 14.2. The van der Waals surface area contributed by atoms with Gasteiger partial charge in [-0.3, -0.25) is 0 Å². The maximum Gasteiger partial charge on any atom is 0.127 e. The molecule has 0 aliphatic carbocycles. The van der Waals surface area contributed by atoms with Crippen LogP contribution in [0.1, 0.15) is 37.4 Å². The minimum absolute atomic E-state index is 0.126. The number of halogens is 2. The molecule has 18 heavy (non-hydrogen) atoms. The molecular weight excluding hydrogens is 269 g/mol. The summed E-state index contributed by atoms with van der Waals surface area (Å²) in [5.74, 6) is 2.09. The Hall–Kier alpha value is -0.250. The van der Waals surface area contributed by atoms with E-state index in [1.54, 1.807) is 17.8 Å². The van der Waals surface area contributed by atoms with E-state index in [0.29, 0.717) is 10.9 Å². The van der Waals surface area contributed by atoms with E-state index < -0.39 is 0 Å². The summed E-state index contributed by atoms with van der Waals surface area (Å²) in [6.45, 7) is 5.28. The topological polar surface area (TPSA) is 12.0 Å². The molecule has 0 saturated heterocycles. The van der Waals surface area contributed by atoms with Crippen molar-refractivity contribution in [2.45, 2.75) is 32.1 Å². The minimum Gasteiger partial charge on any atom is -0.310 e. The van der Waals surface area contributed by atoms with E-state index in [4.69, 9.17) is 11.6 Å². The molecule has 0 radical (unpaired) electrons. The van der Waals surface area contributed by atoms with Gasteiger partial charge in [0.25, 0.3) is 0 Å². The second-order valence-electron chi connectivity index (χ2n) is 4.85. The summed E-state index contributed by atoms with van der Waals surface area (Å²) in [5, 5.41) is 4.21. The summed E-state index contributed by atoms with van der Waals surface area (Å²) >= 11 is 8.10. The number of benzene rings is 1. The molecule has 0 amide bonds. The molecule has 0 spiro atoms. The van der Waals surface area contributed by atoms with E-state index in [9.17, 15) is 4.39 Å². The molecule has 2 atom stereocenters. The lowest BCUT2D eigenvalue weighted by Gasteiger charge is -2.25. The molecule has 1 heterocycles. The van der Waals surface area contributed by atoms with Crippen molar-refractivity contribution in [2.24, 2.45) is 5.92 Å². The second-order valence-corrected chi connectivity index (χ2v) is 6.28. The zero-order valence-electron chi connectivity index (χ0n) is 10.8. The summed E-state index contributed by atoms with van der Waals surface area (Å²) in [7, 11) is 0. The Labute approximate surface area is 117 Å². The number of thioether (sulfide) groups is 1. The Morgan fingerprint density at radius 3 is 3.00 bits per heavy atom. The summed E-state index contributed by atoms with van der Waals surface area (Å²) in [6, 6.07) is 3.33. The third kappa shape index (κ3) is 2.84. The largest absolute Gasteiger partial charge is 0.310 e. The average molecular weight is 288 g/mol. The fraction of sp³-hybridized carbons (Fsp3) is 0.571. The van der Waals surface area contributed by atoms with Crippen LogP contribution in [-0.4, -0.2) is 12.3 Å². The SMILES string of the molecule is CCCNC1c2c(Cl)ccc(F)c2CSCC1C. The molecule has 4 heteroatoms. The molecule has 0 fully saturated rings. The van der Waals surface area contributed by atoms with Crippen molar-refractivity contribution >= 4 is 23.4 Å². The van der Waals surface area contributed by atoms with Gasteiger partial charge in [-0.25, -0.2) is 4.39 Å². The molecule has 1 aromatic carbocycles. The Kier molecular flexibility index (Phi) is 4.93. The van der Waals surface area contributed by atoms with E-state index in [1.807, 2.05) is 0 Å². The second kappa shape index (κ2) is 6.27. The van der Waals surface area contributed by atoms with Gasteiger partial charge in [-0.2, -0.15) is 11.8 Å². The predicted molar refractivity (Wildman–Crippen MR) is 77.8 cm³/mol. The third-order valence-corrected chi connectivity index (χ3v) is 4.95. The standard InChI is InChI=1S/C14H19ClFNS/c1-3-6-17-14-9(2)7-18-8-10-12(16)5-4-11(15)13(10)14/h4-5,9,14,17H,3,6-8H2,1-2H3. The first-order valence-corrected chi connectivity index (χ1v) is 7.96. The Balaban J connectivity index is 2.43. The van der Waals surface area contributed by atoms with Gasteiger partial charge in [0, 0.05) is 22.4 Å². The predicted octanol–water partition coefficient (Wildman–Crippen LogP) is 4.40. The van der Waals surface area contributed by atoms with Crippen molar-refractivity contribution in [1.82, 2.24) is 5.32 Å². The monoisotopic (exact) mass is 287 g/mol. The number of nitrogens with one attached hydrogen (secondary N) is 1. The first-order chi connectivity index (χ1) is 8.65. The van der Waals surface area contributed by atoms with Gasteiger partial charge < -0.3 is 5.32 Å². The van der Waals surface area contributed by atoms with Gasteiger partial charge in [0.15, 0.2) is 0 Å². The Morgan fingerprint density at radius 1 is 1.50 bits per heavy atom. The molecule has 1 aliphatic heterocycles. The van der Waals surface area contributed by atoms with Crippen LogP contribution < -0.4 is 5.32 Å². The highest BCUT2D eigenvalue weighted by Gasteiger charge is 2.28. The molecule has 1 nitrogen and oxygen atoms in total. The molecular formula is C14H19ClFNS.